The van der Waals surface area contributed by atoms with E-state index in [-0.39, 0.29) is 18.6 Å². The minimum absolute atomic E-state index is 0.0112. The Morgan fingerprint density at radius 3 is 2.33 bits per heavy atom. The molecule has 0 heterocycles. The molecule has 27 heavy (non-hydrogen) atoms. The summed E-state index contributed by atoms with van der Waals surface area (Å²) in [6, 6.07) is 13.6. The number of ether oxygens (including phenoxy) is 2. The molecule has 146 valence electrons. The molecule has 0 saturated carbocycles. The van der Waals surface area contributed by atoms with Gasteiger partial charge in [0.05, 0.1) is 23.7 Å². The quantitative estimate of drug-likeness (QED) is 0.747. The van der Waals surface area contributed by atoms with Gasteiger partial charge in [0, 0.05) is 7.05 Å². The Labute approximate surface area is 160 Å². The van der Waals surface area contributed by atoms with Gasteiger partial charge in [0.2, 0.25) is 10.0 Å². The summed E-state index contributed by atoms with van der Waals surface area (Å²) < 4.78 is 35.3. The van der Waals surface area contributed by atoms with Crippen LogP contribution in [-0.4, -0.2) is 40.3 Å². The van der Waals surface area contributed by atoms with Gasteiger partial charge in [-0.3, -0.25) is 9.10 Å². The Balaban J connectivity index is 1.95. The molecule has 1 amide bonds. The lowest BCUT2D eigenvalue weighted by Crippen LogP contribution is -2.24. The molecule has 7 nitrogen and oxygen atoms in total. The Hall–Kier alpha value is -2.74. The number of amides is 1. The monoisotopic (exact) mass is 392 g/mol. The van der Waals surface area contributed by atoms with Gasteiger partial charge in [-0.25, -0.2) is 8.42 Å². The van der Waals surface area contributed by atoms with Crippen LogP contribution in [0.4, 0.5) is 11.4 Å². The van der Waals surface area contributed by atoms with Crippen molar-refractivity contribution in [1.29, 1.82) is 0 Å². The summed E-state index contributed by atoms with van der Waals surface area (Å²) in [4.78, 5) is 12.2. The molecule has 0 aromatic heterocycles. The van der Waals surface area contributed by atoms with Gasteiger partial charge >= 0.3 is 0 Å². The van der Waals surface area contributed by atoms with E-state index < -0.39 is 10.0 Å². The molecule has 2 rings (SSSR count). The molecule has 0 radical (unpaired) electrons. The van der Waals surface area contributed by atoms with Crippen LogP contribution in [-0.2, 0) is 14.8 Å². The number of carbonyl (C=O) groups is 1. The van der Waals surface area contributed by atoms with Crippen LogP contribution in [0.1, 0.15) is 13.8 Å². The normalized spacial score (nSPS) is 11.1. The number of hydrogen-bond acceptors (Lipinski definition) is 5. The minimum atomic E-state index is -3.33. The standard InChI is InChI=1S/C19H24N2O5S/c1-14(2)26-18-8-6-5-7-17(18)20-19(22)13-25-16-11-9-15(10-12-16)21(3)27(4,23)24/h5-12,14H,13H2,1-4H3,(H,20,22). The maximum Gasteiger partial charge on any atom is 0.262 e. The van der Waals surface area contributed by atoms with Crippen LogP contribution in [0.15, 0.2) is 48.5 Å². The molecule has 0 atom stereocenters. The highest BCUT2D eigenvalue weighted by molar-refractivity contribution is 7.92. The second-order valence-corrected chi connectivity index (χ2v) is 8.24. The second-order valence-electron chi connectivity index (χ2n) is 6.22. The number of anilines is 2. The third kappa shape index (κ3) is 6.18. The molecule has 0 aliphatic carbocycles. The van der Waals surface area contributed by atoms with Crippen molar-refractivity contribution in [3.05, 3.63) is 48.5 Å². The number of sulfonamides is 1. The molecule has 8 heteroatoms. The Bertz CT molecular complexity index is 879. The number of nitrogens with one attached hydrogen (secondary N) is 1. The van der Waals surface area contributed by atoms with E-state index in [1.807, 2.05) is 19.9 Å². The number of benzene rings is 2. The van der Waals surface area contributed by atoms with Gasteiger partial charge in [-0.1, -0.05) is 12.1 Å². The second kappa shape index (κ2) is 8.77. The number of hydrogen-bond donors (Lipinski definition) is 1. The van der Waals surface area contributed by atoms with Crippen LogP contribution >= 0.6 is 0 Å². The first kappa shape index (κ1) is 20.6. The smallest absolute Gasteiger partial charge is 0.262 e. The first-order valence-electron chi connectivity index (χ1n) is 8.39. The molecule has 0 fully saturated rings. The van der Waals surface area contributed by atoms with Crippen LogP contribution in [0.2, 0.25) is 0 Å². The third-order valence-electron chi connectivity index (χ3n) is 3.59. The highest BCUT2D eigenvalue weighted by Gasteiger charge is 2.12. The third-order valence-corrected chi connectivity index (χ3v) is 4.80. The summed E-state index contributed by atoms with van der Waals surface area (Å²) in [5.74, 6) is 0.726. The number of nitrogens with zero attached hydrogens (tertiary/aromatic N) is 1. The zero-order chi connectivity index (χ0) is 20.0. The Morgan fingerprint density at radius 1 is 1.11 bits per heavy atom. The summed E-state index contributed by atoms with van der Waals surface area (Å²) in [6.45, 7) is 3.64. The van der Waals surface area contributed by atoms with Crippen molar-refractivity contribution in [2.24, 2.45) is 0 Å². The molecule has 2 aromatic rings. The van der Waals surface area contributed by atoms with Crippen LogP contribution in [0.5, 0.6) is 11.5 Å². The van der Waals surface area contributed by atoms with E-state index >= 15 is 0 Å². The topological polar surface area (TPSA) is 84.9 Å². The van der Waals surface area contributed by atoms with Crippen molar-refractivity contribution >= 4 is 27.3 Å². The van der Waals surface area contributed by atoms with Crippen LogP contribution in [0.25, 0.3) is 0 Å². The molecule has 0 saturated heterocycles. The van der Waals surface area contributed by atoms with Gasteiger partial charge in [0.1, 0.15) is 11.5 Å². The van der Waals surface area contributed by atoms with Crippen molar-refractivity contribution in [1.82, 2.24) is 0 Å². The predicted octanol–water partition coefficient (Wildman–Crippen LogP) is 2.89. The largest absolute Gasteiger partial charge is 0.489 e. The molecule has 0 bridgehead atoms. The summed E-state index contributed by atoms with van der Waals surface area (Å²) in [5, 5.41) is 2.76. The zero-order valence-electron chi connectivity index (χ0n) is 15.8. The lowest BCUT2D eigenvalue weighted by molar-refractivity contribution is -0.118. The average Bonchev–Trinajstić information content (AvgIpc) is 2.60. The van der Waals surface area contributed by atoms with Gasteiger partial charge < -0.3 is 14.8 Å². The van der Waals surface area contributed by atoms with E-state index in [1.54, 1.807) is 42.5 Å². The minimum Gasteiger partial charge on any atom is -0.489 e. The first-order chi connectivity index (χ1) is 12.7. The summed E-state index contributed by atoms with van der Waals surface area (Å²) >= 11 is 0. The molecule has 0 aliphatic heterocycles. The van der Waals surface area contributed by atoms with Crippen LogP contribution < -0.4 is 19.1 Å². The van der Waals surface area contributed by atoms with Crippen molar-refractivity contribution in [2.75, 3.05) is 29.5 Å². The Morgan fingerprint density at radius 2 is 1.74 bits per heavy atom. The number of rotatable bonds is 8. The van der Waals surface area contributed by atoms with Gasteiger partial charge in [0.15, 0.2) is 6.61 Å². The number of para-hydroxylation sites is 2. The maximum absolute atomic E-state index is 12.2. The maximum atomic E-state index is 12.2. The highest BCUT2D eigenvalue weighted by Crippen LogP contribution is 2.25. The molecule has 0 spiro atoms. The van der Waals surface area contributed by atoms with Gasteiger partial charge in [-0.05, 0) is 50.2 Å². The van der Waals surface area contributed by atoms with E-state index in [1.165, 1.54) is 7.05 Å². The fourth-order valence-electron chi connectivity index (χ4n) is 2.21. The van der Waals surface area contributed by atoms with E-state index in [0.717, 1.165) is 10.6 Å². The van der Waals surface area contributed by atoms with E-state index in [4.69, 9.17) is 9.47 Å². The van der Waals surface area contributed by atoms with Crippen molar-refractivity contribution < 1.29 is 22.7 Å². The lowest BCUT2D eigenvalue weighted by atomic mass is 10.3. The van der Waals surface area contributed by atoms with E-state index in [9.17, 15) is 13.2 Å². The Kier molecular flexibility index (Phi) is 6.68. The highest BCUT2D eigenvalue weighted by atomic mass is 32.2. The molecule has 0 aliphatic rings. The van der Waals surface area contributed by atoms with Gasteiger partial charge in [-0.2, -0.15) is 0 Å². The predicted molar refractivity (Wildman–Crippen MR) is 106 cm³/mol. The molecule has 0 unspecified atom stereocenters. The molecule has 2 aromatic carbocycles. The fourth-order valence-corrected chi connectivity index (χ4v) is 2.71. The van der Waals surface area contributed by atoms with Gasteiger partial charge in [0.25, 0.3) is 5.91 Å². The van der Waals surface area contributed by atoms with Crippen molar-refractivity contribution in [2.45, 2.75) is 20.0 Å². The number of carbonyl (C=O) groups excluding carboxylic acids is 1. The first-order valence-corrected chi connectivity index (χ1v) is 10.2. The molecule has 1 N–H and O–H groups in total. The molecular formula is C19H24N2O5S. The van der Waals surface area contributed by atoms with E-state index in [0.29, 0.717) is 22.9 Å². The van der Waals surface area contributed by atoms with Crippen molar-refractivity contribution in [3.8, 4) is 11.5 Å². The summed E-state index contributed by atoms with van der Waals surface area (Å²) in [6.07, 6.45) is 1.12. The molecular weight excluding hydrogens is 368 g/mol. The van der Waals surface area contributed by atoms with Gasteiger partial charge in [-0.15, -0.1) is 0 Å². The lowest BCUT2D eigenvalue weighted by Gasteiger charge is -2.17. The SMILES string of the molecule is CC(C)Oc1ccccc1NC(=O)COc1ccc(N(C)S(C)(=O)=O)cc1. The zero-order valence-corrected chi connectivity index (χ0v) is 16.6. The van der Waals surface area contributed by atoms with E-state index in [2.05, 4.69) is 5.32 Å². The average molecular weight is 392 g/mol. The van der Waals surface area contributed by atoms with Crippen molar-refractivity contribution in [3.63, 3.8) is 0 Å². The summed E-state index contributed by atoms with van der Waals surface area (Å²) in [5.41, 5.74) is 1.08. The summed E-state index contributed by atoms with van der Waals surface area (Å²) in [7, 11) is -1.86. The van der Waals surface area contributed by atoms with Crippen LogP contribution in [0, 0.1) is 0 Å². The van der Waals surface area contributed by atoms with Crippen LogP contribution in [0.3, 0.4) is 0 Å². The fraction of sp³-hybridized carbons (Fsp3) is 0.316.